The number of carboxylic acid groups (broad SMARTS) is 1. The summed E-state index contributed by atoms with van der Waals surface area (Å²) in [6.07, 6.45) is -11.5. The van der Waals surface area contributed by atoms with Gasteiger partial charge in [0.15, 0.2) is 0 Å². The van der Waals surface area contributed by atoms with Crippen LogP contribution in [0.1, 0.15) is 34.6 Å². The molecule has 0 aliphatic heterocycles. The van der Waals surface area contributed by atoms with Crippen LogP contribution >= 0.6 is 0 Å². The molecule has 2 amide bonds. The number of hydrogen-bond donors (Lipinski definition) is 3. The van der Waals surface area contributed by atoms with Crippen molar-refractivity contribution in [3.05, 3.63) is 70.5 Å². The normalized spacial score (nSPS) is 12.8. The van der Waals surface area contributed by atoms with Crippen LogP contribution in [0.4, 0.5) is 35.5 Å². The Morgan fingerprint density at radius 1 is 0.914 bits per heavy atom. The number of ether oxygens (including phenoxy) is 1. The summed E-state index contributed by atoms with van der Waals surface area (Å²) >= 11 is 0. The smallest absolute Gasteiger partial charge is 0.416 e. The van der Waals surface area contributed by atoms with Gasteiger partial charge in [-0.2, -0.15) is 26.3 Å². The number of amides is 2. The molecule has 1 atom stereocenters. The maximum Gasteiger partial charge on any atom is 0.416 e. The fourth-order valence-corrected chi connectivity index (χ4v) is 3.04. The van der Waals surface area contributed by atoms with Crippen molar-refractivity contribution in [2.75, 3.05) is 19.7 Å². The maximum atomic E-state index is 13.3. The van der Waals surface area contributed by atoms with Crippen molar-refractivity contribution in [3.8, 4) is 0 Å². The van der Waals surface area contributed by atoms with E-state index in [0.717, 1.165) is 12.1 Å². The van der Waals surface area contributed by atoms with Crippen LogP contribution in [0.15, 0.2) is 42.5 Å². The van der Waals surface area contributed by atoms with E-state index < -0.39 is 53.8 Å². The Bertz CT molecular complexity index is 976. The lowest BCUT2D eigenvalue weighted by Crippen LogP contribution is -2.33. The van der Waals surface area contributed by atoms with E-state index in [2.05, 4.69) is 5.32 Å². The number of carbonyl (C=O) groups is 2. The number of alkyl halides is 6. The fourth-order valence-electron chi connectivity index (χ4n) is 3.04. The Balaban J connectivity index is 2.10. The first-order valence-electron chi connectivity index (χ1n) is 10.1. The van der Waals surface area contributed by atoms with Gasteiger partial charge in [-0.15, -0.1) is 0 Å². The third kappa shape index (κ3) is 9.43. The number of carbonyl (C=O) groups excluding carboxylic acids is 1. The molecule has 0 aliphatic carbocycles. The van der Waals surface area contributed by atoms with E-state index in [0.29, 0.717) is 17.7 Å². The van der Waals surface area contributed by atoms with Gasteiger partial charge in [0.2, 0.25) is 5.91 Å². The van der Waals surface area contributed by atoms with E-state index in [1.165, 1.54) is 12.1 Å². The fraction of sp³-hybridized carbons (Fsp3) is 0.364. The highest BCUT2D eigenvalue weighted by atomic mass is 19.4. The van der Waals surface area contributed by atoms with Crippen LogP contribution in [0, 0.1) is 5.82 Å². The molecule has 0 aliphatic rings. The molecule has 2 aromatic carbocycles. The minimum Gasteiger partial charge on any atom is -0.465 e. The second-order valence-corrected chi connectivity index (χ2v) is 7.46. The summed E-state index contributed by atoms with van der Waals surface area (Å²) in [5.41, 5.74) is -2.80. The number of benzene rings is 2. The van der Waals surface area contributed by atoms with Gasteiger partial charge in [0.1, 0.15) is 5.82 Å². The molecular formula is C22H21F7N2O4. The first-order chi connectivity index (χ1) is 16.3. The quantitative estimate of drug-likeness (QED) is 0.396. The van der Waals surface area contributed by atoms with Crippen LogP contribution in [0.25, 0.3) is 0 Å². The number of rotatable bonds is 10. The summed E-state index contributed by atoms with van der Waals surface area (Å²) in [7, 11) is 0. The number of hydrogen-bond acceptors (Lipinski definition) is 3. The van der Waals surface area contributed by atoms with Crippen LogP contribution in [0.2, 0.25) is 0 Å². The van der Waals surface area contributed by atoms with E-state index in [9.17, 15) is 40.3 Å². The molecule has 192 valence electrons. The van der Waals surface area contributed by atoms with Crippen molar-refractivity contribution in [1.82, 2.24) is 10.6 Å². The molecule has 1 unspecified atom stereocenters. The van der Waals surface area contributed by atoms with Crippen molar-refractivity contribution in [1.29, 1.82) is 0 Å². The minimum atomic E-state index is -4.99. The number of halogens is 7. The zero-order chi connectivity index (χ0) is 26.2. The Morgan fingerprint density at radius 2 is 1.49 bits per heavy atom. The molecule has 0 spiro atoms. The lowest BCUT2D eigenvalue weighted by molar-refractivity contribution is -0.143. The van der Waals surface area contributed by atoms with Gasteiger partial charge in [0.05, 0.1) is 24.3 Å². The zero-order valence-corrected chi connectivity index (χ0v) is 18.0. The Hall–Kier alpha value is -3.35. The first-order valence-corrected chi connectivity index (χ1v) is 10.1. The third-order valence-electron chi connectivity index (χ3n) is 4.75. The Kier molecular flexibility index (Phi) is 9.46. The standard InChI is InChI=1S/C22H21F7N2O4/c23-18-3-1-14(2-4-18)15(10-31-19(32)5-6-30-20(33)34)12-35-11-13-7-16(21(24,25)26)9-17(8-13)22(27,28)29/h1-4,7-9,15,30H,5-6,10-12H2,(H,31,32)(H,33,34). The average molecular weight is 510 g/mol. The third-order valence-corrected chi connectivity index (χ3v) is 4.75. The summed E-state index contributed by atoms with van der Waals surface area (Å²) in [6, 6.07) is 6.20. The van der Waals surface area contributed by atoms with Gasteiger partial charge in [-0.25, -0.2) is 9.18 Å². The molecule has 0 heterocycles. The molecule has 0 saturated carbocycles. The SMILES string of the molecule is O=C(O)NCCC(=O)NCC(COCc1cc(C(F)(F)F)cc(C(F)(F)F)c1)c1ccc(F)cc1. The highest BCUT2D eigenvalue weighted by molar-refractivity contribution is 5.76. The molecule has 0 fully saturated rings. The van der Waals surface area contributed by atoms with Crippen LogP contribution in [0.5, 0.6) is 0 Å². The summed E-state index contributed by atoms with van der Waals surface area (Å²) < 4.78 is 96.8. The molecule has 6 nitrogen and oxygen atoms in total. The molecule has 0 bridgehead atoms. The van der Waals surface area contributed by atoms with E-state index in [1.54, 1.807) is 0 Å². The van der Waals surface area contributed by atoms with Crippen LogP contribution < -0.4 is 10.6 Å². The summed E-state index contributed by atoms with van der Waals surface area (Å²) in [6.45, 7) is -1.01. The molecule has 13 heteroatoms. The van der Waals surface area contributed by atoms with Gasteiger partial charge in [0.25, 0.3) is 0 Å². The Morgan fingerprint density at radius 3 is 2.00 bits per heavy atom. The highest BCUT2D eigenvalue weighted by Gasteiger charge is 2.36. The average Bonchev–Trinajstić information content (AvgIpc) is 2.75. The molecular weight excluding hydrogens is 489 g/mol. The van der Waals surface area contributed by atoms with Gasteiger partial charge >= 0.3 is 18.4 Å². The van der Waals surface area contributed by atoms with Gasteiger partial charge in [-0.05, 0) is 41.5 Å². The second kappa shape index (κ2) is 11.9. The summed E-state index contributed by atoms with van der Waals surface area (Å²) in [5, 5.41) is 13.1. The van der Waals surface area contributed by atoms with E-state index in [-0.39, 0.29) is 37.7 Å². The van der Waals surface area contributed by atoms with E-state index in [4.69, 9.17) is 9.84 Å². The van der Waals surface area contributed by atoms with Crippen molar-refractivity contribution in [2.45, 2.75) is 31.3 Å². The minimum absolute atomic E-state index is 0.0135. The largest absolute Gasteiger partial charge is 0.465 e. The highest BCUT2D eigenvalue weighted by Crippen LogP contribution is 2.36. The predicted octanol–water partition coefficient (Wildman–Crippen LogP) is 4.94. The second-order valence-electron chi connectivity index (χ2n) is 7.46. The van der Waals surface area contributed by atoms with Crippen molar-refractivity contribution in [3.63, 3.8) is 0 Å². The van der Waals surface area contributed by atoms with Gasteiger partial charge < -0.3 is 20.5 Å². The topological polar surface area (TPSA) is 87.7 Å². The van der Waals surface area contributed by atoms with Crippen LogP contribution in [0.3, 0.4) is 0 Å². The Labute approximate surface area is 195 Å². The van der Waals surface area contributed by atoms with Crippen molar-refractivity contribution < 1.29 is 50.2 Å². The maximum absolute atomic E-state index is 13.3. The monoisotopic (exact) mass is 510 g/mol. The molecule has 0 saturated heterocycles. The van der Waals surface area contributed by atoms with Crippen LogP contribution in [-0.4, -0.2) is 36.8 Å². The first kappa shape index (κ1) is 27.9. The van der Waals surface area contributed by atoms with Gasteiger partial charge in [-0.1, -0.05) is 12.1 Å². The van der Waals surface area contributed by atoms with E-state index >= 15 is 0 Å². The number of nitrogens with one attached hydrogen (secondary N) is 2. The molecule has 3 N–H and O–H groups in total. The molecule has 0 radical (unpaired) electrons. The van der Waals surface area contributed by atoms with E-state index in [1.807, 2.05) is 5.32 Å². The van der Waals surface area contributed by atoms with Gasteiger partial charge in [0, 0.05) is 25.4 Å². The summed E-state index contributed by atoms with van der Waals surface area (Å²) in [4.78, 5) is 22.3. The molecule has 2 aromatic rings. The summed E-state index contributed by atoms with van der Waals surface area (Å²) in [5.74, 6) is -1.68. The van der Waals surface area contributed by atoms with Crippen LogP contribution in [-0.2, 0) is 28.5 Å². The predicted molar refractivity (Wildman–Crippen MR) is 109 cm³/mol. The molecule has 35 heavy (non-hydrogen) atoms. The van der Waals surface area contributed by atoms with Crippen molar-refractivity contribution in [2.24, 2.45) is 0 Å². The van der Waals surface area contributed by atoms with Crippen molar-refractivity contribution >= 4 is 12.0 Å². The lowest BCUT2D eigenvalue weighted by atomic mass is 9.99. The van der Waals surface area contributed by atoms with Gasteiger partial charge in [-0.3, -0.25) is 4.79 Å². The zero-order valence-electron chi connectivity index (χ0n) is 18.0. The molecule has 2 rings (SSSR count). The lowest BCUT2D eigenvalue weighted by Gasteiger charge is -2.19. The molecule has 0 aromatic heterocycles.